The average Bonchev–Trinajstić information content (AvgIpc) is 2.63. The third-order valence-corrected chi connectivity index (χ3v) is 3.75. The molecule has 0 atom stereocenters. The van der Waals surface area contributed by atoms with Gasteiger partial charge in [-0.3, -0.25) is 15.1 Å². The Balaban J connectivity index is 0.00000338. The predicted molar refractivity (Wildman–Crippen MR) is 113 cm³/mol. The molecule has 0 saturated carbocycles. The zero-order valence-electron chi connectivity index (χ0n) is 15.0. The molecule has 0 spiro atoms. The summed E-state index contributed by atoms with van der Waals surface area (Å²) in [4.78, 5) is 16.6. The van der Waals surface area contributed by atoms with Crippen molar-refractivity contribution in [2.45, 2.75) is 13.1 Å². The molecule has 2 rings (SSSR count). The molecule has 0 aliphatic heterocycles. The Bertz CT molecular complexity index is 733. The van der Waals surface area contributed by atoms with Crippen LogP contribution in [0.3, 0.4) is 0 Å². The highest BCUT2D eigenvalue weighted by molar-refractivity contribution is 14.0. The predicted octanol–water partition coefficient (Wildman–Crippen LogP) is 3.43. The second kappa shape index (κ2) is 10.6. The summed E-state index contributed by atoms with van der Waals surface area (Å²) in [5, 5.41) is 13.9. The number of rotatable bonds is 6. The molecular weight excluding hydrogens is 447 g/mol. The molecule has 7 nitrogen and oxygen atoms in total. The summed E-state index contributed by atoms with van der Waals surface area (Å²) in [5.41, 5.74) is 2.18. The first-order valence-corrected chi connectivity index (χ1v) is 7.81. The Hall–Kier alpha value is -2.36. The number of guanidine groups is 1. The van der Waals surface area contributed by atoms with E-state index in [0.29, 0.717) is 13.1 Å². The third-order valence-electron chi connectivity index (χ3n) is 3.75. The molecule has 1 N–H and O–H groups in total. The molecular formula is C18H23IN4O3. The Morgan fingerprint density at radius 1 is 1.15 bits per heavy atom. The number of hydrogen-bond donors (Lipinski definition) is 1. The van der Waals surface area contributed by atoms with Crippen LogP contribution in [0.1, 0.15) is 11.1 Å². The lowest BCUT2D eigenvalue weighted by Crippen LogP contribution is -2.38. The molecule has 8 heteroatoms. The van der Waals surface area contributed by atoms with E-state index in [1.54, 1.807) is 26.3 Å². The van der Waals surface area contributed by atoms with Gasteiger partial charge < -0.3 is 15.0 Å². The van der Waals surface area contributed by atoms with Crippen molar-refractivity contribution in [3.8, 4) is 5.75 Å². The Kier molecular flexibility index (Phi) is 8.83. The van der Waals surface area contributed by atoms with Crippen LogP contribution < -0.4 is 10.1 Å². The van der Waals surface area contributed by atoms with Gasteiger partial charge in [-0.05, 0) is 23.3 Å². The van der Waals surface area contributed by atoms with Crippen molar-refractivity contribution in [3.05, 3.63) is 69.8 Å². The molecule has 0 heterocycles. The summed E-state index contributed by atoms with van der Waals surface area (Å²) in [6.45, 7) is 1.24. The van der Waals surface area contributed by atoms with Crippen molar-refractivity contribution in [2.75, 3.05) is 21.2 Å². The van der Waals surface area contributed by atoms with Crippen LogP contribution >= 0.6 is 24.0 Å². The monoisotopic (exact) mass is 470 g/mol. The number of benzene rings is 2. The highest BCUT2D eigenvalue weighted by atomic mass is 127. The van der Waals surface area contributed by atoms with E-state index >= 15 is 0 Å². The number of nitro benzene ring substituents is 1. The van der Waals surface area contributed by atoms with E-state index in [9.17, 15) is 10.1 Å². The lowest BCUT2D eigenvalue weighted by atomic mass is 10.2. The van der Waals surface area contributed by atoms with Crippen molar-refractivity contribution in [3.63, 3.8) is 0 Å². The normalized spacial score (nSPS) is 10.7. The second-order valence-electron chi connectivity index (χ2n) is 5.53. The third kappa shape index (κ3) is 6.17. The molecule has 0 saturated heterocycles. The van der Waals surface area contributed by atoms with Gasteiger partial charge in [0, 0.05) is 39.3 Å². The largest absolute Gasteiger partial charge is 0.497 e. The van der Waals surface area contributed by atoms with Gasteiger partial charge in [0.1, 0.15) is 5.75 Å². The number of nitro groups is 1. The summed E-state index contributed by atoms with van der Waals surface area (Å²) in [5.74, 6) is 1.57. The van der Waals surface area contributed by atoms with E-state index in [4.69, 9.17) is 4.74 Å². The molecule has 2 aromatic carbocycles. The van der Waals surface area contributed by atoms with Crippen LogP contribution in [-0.4, -0.2) is 37.0 Å². The fourth-order valence-corrected chi connectivity index (χ4v) is 2.38. The first-order chi connectivity index (χ1) is 12.0. The smallest absolute Gasteiger partial charge is 0.269 e. The summed E-state index contributed by atoms with van der Waals surface area (Å²) >= 11 is 0. The van der Waals surface area contributed by atoms with Gasteiger partial charge in [-0.2, -0.15) is 0 Å². The van der Waals surface area contributed by atoms with E-state index in [1.165, 1.54) is 12.1 Å². The minimum absolute atomic E-state index is 0. The van der Waals surface area contributed by atoms with E-state index in [-0.39, 0.29) is 29.7 Å². The number of nitrogens with one attached hydrogen (secondary N) is 1. The number of non-ortho nitro benzene ring substituents is 1. The van der Waals surface area contributed by atoms with Gasteiger partial charge in [0.15, 0.2) is 5.96 Å². The van der Waals surface area contributed by atoms with Gasteiger partial charge in [0.2, 0.25) is 0 Å². The standard InChI is InChI=1S/C18H22N4O3.HI/c1-19-18(20-12-14-4-8-16(9-5-14)22(23)24)21(2)13-15-6-10-17(25-3)11-7-15;/h4-11H,12-13H2,1-3H3,(H,19,20);1H. The Morgan fingerprint density at radius 3 is 2.23 bits per heavy atom. The van der Waals surface area contributed by atoms with E-state index < -0.39 is 4.92 Å². The van der Waals surface area contributed by atoms with Gasteiger partial charge in [0.25, 0.3) is 5.69 Å². The van der Waals surface area contributed by atoms with Gasteiger partial charge in [-0.15, -0.1) is 24.0 Å². The fourth-order valence-electron chi connectivity index (χ4n) is 2.38. The van der Waals surface area contributed by atoms with Crippen LogP contribution in [-0.2, 0) is 13.1 Å². The van der Waals surface area contributed by atoms with E-state index in [2.05, 4.69) is 10.3 Å². The number of ether oxygens (including phenoxy) is 1. The molecule has 0 radical (unpaired) electrons. The lowest BCUT2D eigenvalue weighted by Gasteiger charge is -2.22. The molecule has 0 aliphatic rings. The van der Waals surface area contributed by atoms with E-state index in [0.717, 1.165) is 22.8 Å². The van der Waals surface area contributed by atoms with Crippen molar-refractivity contribution < 1.29 is 9.66 Å². The molecule has 0 aliphatic carbocycles. The number of hydrogen-bond acceptors (Lipinski definition) is 4. The maximum atomic E-state index is 10.7. The summed E-state index contributed by atoms with van der Waals surface area (Å²) < 4.78 is 5.16. The number of methoxy groups -OCH3 is 1. The molecule has 140 valence electrons. The lowest BCUT2D eigenvalue weighted by molar-refractivity contribution is -0.384. The van der Waals surface area contributed by atoms with E-state index in [1.807, 2.05) is 36.2 Å². The number of nitrogens with zero attached hydrogens (tertiary/aromatic N) is 3. The summed E-state index contributed by atoms with van der Waals surface area (Å²) in [6.07, 6.45) is 0. The van der Waals surface area contributed by atoms with Gasteiger partial charge in [-0.1, -0.05) is 24.3 Å². The average molecular weight is 470 g/mol. The first-order valence-electron chi connectivity index (χ1n) is 7.81. The quantitative estimate of drug-likeness (QED) is 0.230. The topological polar surface area (TPSA) is 80.0 Å². The van der Waals surface area contributed by atoms with Crippen molar-refractivity contribution in [2.24, 2.45) is 4.99 Å². The number of halogens is 1. The zero-order chi connectivity index (χ0) is 18.2. The molecule has 0 unspecified atom stereocenters. The first kappa shape index (κ1) is 21.7. The summed E-state index contributed by atoms with van der Waals surface area (Å²) in [6, 6.07) is 14.4. The maximum absolute atomic E-state index is 10.7. The van der Waals surface area contributed by atoms with Crippen molar-refractivity contribution in [1.29, 1.82) is 0 Å². The molecule has 0 amide bonds. The van der Waals surface area contributed by atoms with Crippen LogP contribution in [0.15, 0.2) is 53.5 Å². The summed E-state index contributed by atoms with van der Waals surface area (Å²) in [7, 11) is 5.32. The van der Waals surface area contributed by atoms with Gasteiger partial charge in [0.05, 0.1) is 12.0 Å². The Morgan fingerprint density at radius 2 is 1.73 bits per heavy atom. The highest BCUT2D eigenvalue weighted by Crippen LogP contribution is 2.13. The fraction of sp³-hybridized carbons (Fsp3) is 0.278. The number of aliphatic imine (C=N–C) groups is 1. The SMILES string of the molecule is CN=C(NCc1ccc([N+](=O)[O-])cc1)N(C)Cc1ccc(OC)cc1.I. The van der Waals surface area contributed by atoms with Crippen molar-refractivity contribution >= 4 is 35.6 Å². The molecule has 0 fully saturated rings. The minimum Gasteiger partial charge on any atom is -0.497 e. The molecule has 2 aromatic rings. The van der Waals surface area contributed by atoms with Crippen LogP contribution in [0, 0.1) is 10.1 Å². The maximum Gasteiger partial charge on any atom is 0.269 e. The molecule has 0 aromatic heterocycles. The second-order valence-corrected chi connectivity index (χ2v) is 5.53. The molecule has 26 heavy (non-hydrogen) atoms. The Labute approximate surface area is 170 Å². The molecule has 0 bridgehead atoms. The van der Waals surface area contributed by atoms with Gasteiger partial charge in [-0.25, -0.2) is 0 Å². The van der Waals surface area contributed by atoms with Crippen LogP contribution in [0.2, 0.25) is 0 Å². The van der Waals surface area contributed by atoms with Gasteiger partial charge >= 0.3 is 0 Å². The zero-order valence-corrected chi connectivity index (χ0v) is 17.3. The highest BCUT2D eigenvalue weighted by Gasteiger charge is 2.08. The van der Waals surface area contributed by atoms with Crippen LogP contribution in [0.25, 0.3) is 0 Å². The van der Waals surface area contributed by atoms with Crippen molar-refractivity contribution in [1.82, 2.24) is 10.2 Å². The van der Waals surface area contributed by atoms with Crippen LogP contribution in [0.4, 0.5) is 5.69 Å². The minimum atomic E-state index is -0.404. The van der Waals surface area contributed by atoms with Crippen LogP contribution in [0.5, 0.6) is 5.75 Å².